The fourth-order valence-corrected chi connectivity index (χ4v) is 1.43. The van der Waals surface area contributed by atoms with E-state index in [0.717, 1.165) is 29.2 Å². The summed E-state index contributed by atoms with van der Waals surface area (Å²) in [4.78, 5) is 24.7. The van der Waals surface area contributed by atoms with Crippen molar-refractivity contribution in [3.63, 3.8) is 0 Å². The first-order chi connectivity index (χ1) is 9.02. The van der Waals surface area contributed by atoms with E-state index in [1.807, 2.05) is 0 Å². The molecule has 0 atom stereocenters. The monoisotopic (exact) mass is 259 g/mol. The van der Waals surface area contributed by atoms with Gasteiger partial charge in [0.25, 0.3) is 11.5 Å². The van der Waals surface area contributed by atoms with Crippen molar-refractivity contribution in [1.82, 2.24) is 14.8 Å². The number of nitro groups is 1. The van der Waals surface area contributed by atoms with Gasteiger partial charge in [-0.1, -0.05) is 0 Å². The van der Waals surface area contributed by atoms with E-state index in [9.17, 15) is 14.9 Å². The fraction of sp³-hybridized carbons (Fsp3) is 0. The number of non-ortho nitro benzene ring substituents is 1. The van der Waals surface area contributed by atoms with Gasteiger partial charge >= 0.3 is 5.97 Å². The van der Waals surface area contributed by atoms with Crippen LogP contribution in [0.2, 0.25) is 0 Å². The summed E-state index contributed by atoms with van der Waals surface area (Å²) in [5.74, 6) is -1.43. The molecule has 1 aromatic carbocycles. The van der Waals surface area contributed by atoms with Crippen molar-refractivity contribution >= 4 is 11.7 Å². The summed E-state index contributed by atoms with van der Waals surface area (Å²) in [7, 11) is 0. The van der Waals surface area contributed by atoms with Crippen LogP contribution in [-0.2, 0) is 0 Å². The third-order valence-corrected chi connectivity index (χ3v) is 2.26. The molecule has 9 heteroatoms. The molecule has 1 N–H and O–H groups in total. The second-order valence-corrected chi connectivity index (χ2v) is 3.39. The molecule has 2 aromatic rings. The molecule has 94 valence electrons. The Balaban J connectivity index is 2.64. The van der Waals surface area contributed by atoms with Crippen molar-refractivity contribution in [1.29, 1.82) is 5.26 Å². The molecular formula is C10H5N5O4. The SMILES string of the molecule is N#Cc1ncn(-c2cc([N+](=O)[O-])ccc2C(=O)O)n1. The maximum atomic E-state index is 11.1. The maximum Gasteiger partial charge on any atom is 0.337 e. The summed E-state index contributed by atoms with van der Waals surface area (Å²) in [6, 6.07) is 4.91. The molecule has 1 aromatic heterocycles. The molecule has 2 rings (SSSR count). The van der Waals surface area contributed by atoms with Crippen LogP contribution in [0.25, 0.3) is 5.69 Å². The standard InChI is InChI=1S/C10H5N5O4/c11-4-9-12-5-14(13-9)8-3-6(15(18)19)1-2-7(8)10(16)17/h1-3,5H,(H,16,17). The molecule has 0 fully saturated rings. The van der Waals surface area contributed by atoms with E-state index < -0.39 is 10.9 Å². The first-order valence-electron chi connectivity index (χ1n) is 4.87. The molecule has 0 spiro atoms. The van der Waals surface area contributed by atoms with Gasteiger partial charge in [0.2, 0.25) is 0 Å². The van der Waals surface area contributed by atoms with E-state index in [0.29, 0.717) is 0 Å². The summed E-state index contributed by atoms with van der Waals surface area (Å²) < 4.78 is 1.01. The van der Waals surface area contributed by atoms with Gasteiger partial charge in [0.15, 0.2) is 0 Å². The summed E-state index contributed by atoms with van der Waals surface area (Å²) in [5.41, 5.74) is -0.496. The lowest BCUT2D eigenvalue weighted by molar-refractivity contribution is -0.384. The molecule has 0 aliphatic rings. The Hall–Kier alpha value is -3.28. The molecule has 0 saturated heterocycles. The first-order valence-corrected chi connectivity index (χ1v) is 4.87. The predicted molar refractivity (Wildman–Crippen MR) is 59.7 cm³/mol. The molecule has 0 saturated carbocycles. The molecule has 0 bridgehead atoms. The van der Waals surface area contributed by atoms with Gasteiger partial charge < -0.3 is 5.11 Å². The zero-order chi connectivity index (χ0) is 14.0. The Kier molecular flexibility index (Phi) is 2.91. The van der Waals surface area contributed by atoms with Gasteiger partial charge in [-0.3, -0.25) is 10.1 Å². The Morgan fingerprint density at radius 1 is 1.53 bits per heavy atom. The van der Waals surface area contributed by atoms with Gasteiger partial charge in [-0.2, -0.15) is 5.26 Å². The fourth-order valence-electron chi connectivity index (χ4n) is 1.43. The molecule has 0 aliphatic carbocycles. The second-order valence-electron chi connectivity index (χ2n) is 3.39. The molecule has 9 nitrogen and oxygen atoms in total. The number of aromatic carboxylic acids is 1. The van der Waals surface area contributed by atoms with Crippen LogP contribution >= 0.6 is 0 Å². The van der Waals surface area contributed by atoms with Crippen LogP contribution in [-0.4, -0.2) is 30.8 Å². The first kappa shape index (κ1) is 12.2. The molecule has 0 radical (unpaired) electrons. The van der Waals surface area contributed by atoms with Crippen molar-refractivity contribution in [3.8, 4) is 11.8 Å². The third-order valence-electron chi connectivity index (χ3n) is 2.26. The number of rotatable bonds is 3. The summed E-state index contributed by atoms with van der Waals surface area (Å²) in [6.07, 6.45) is 1.12. The number of carboxylic acids is 1. The third kappa shape index (κ3) is 2.22. The highest BCUT2D eigenvalue weighted by molar-refractivity contribution is 5.92. The topological polar surface area (TPSA) is 135 Å². The van der Waals surface area contributed by atoms with E-state index >= 15 is 0 Å². The smallest absolute Gasteiger partial charge is 0.337 e. The Bertz CT molecular complexity index is 715. The molecule has 0 aliphatic heterocycles. The summed E-state index contributed by atoms with van der Waals surface area (Å²) in [5, 5.41) is 32.0. The Morgan fingerprint density at radius 3 is 2.79 bits per heavy atom. The lowest BCUT2D eigenvalue weighted by Crippen LogP contribution is -2.07. The zero-order valence-corrected chi connectivity index (χ0v) is 9.22. The molecule has 0 amide bonds. The molecule has 0 unspecified atom stereocenters. The van der Waals surface area contributed by atoms with Crippen LogP contribution in [0.15, 0.2) is 24.5 Å². The maximum absolute atomic E-state index is 11.1. The van der Waals surface area contributed by atoms with Crippen LogP contribution in [0.4, 0.5) is 5.69 Å². The minimum atomic E-state index is -1.26. The van der Waals surface area contributed by atoms with Crippen LogP contribution in [0.1, 0.15) is 16.2 Å². The van der Waals surface area contributed by atoms with Crippen LogP contribution < -0.4 is 0 Å². The number of nitriles is 1. The van der Waals surface area contributed by atoms with Crippen molar-refractivity contribution < 1.29 is 14.8 Å². The quantitative estimate of drug-likeness (QED) is 0.634. The largest absolute Gasteiger partial charge is 0.478 e. The van der Waals surface area contributed by atoms with Crippen LogP contribution in [0.3, 0.4) is 0 Å². The molecule has 1 heterocycles. The van der Waals surface area contributed by atoms with Gasteiger partial charge in [-0.05, 0) is 6.07 Å². The number of hydrogen-bond donors (Lipinski definition) is 1. The normalized spacial score (nSPS) is 9.84. The van der Waals surface area contributed by atoms with E-state index in [2.05, 4.69) is 10.1 Å². The number of hydrogen-bond acceptors (Lipinski definition) is 6. The predicted octanol–water partition coefficient (Wildman–Crippen LogP) is 0.745. The number of benzene rings is 1. The van der Waals surface area contributed by atoms with Gasteiger partial charge in [-0.15, -0.1) is 5.10 Å². The highest BCUT2D eigenvalue weighted by Crippen LogP contribution is 2.21. The minimum absolute atomic E-state index is 0.0318. The van der Waals surface area contributed by atoms with Gasteiger partial charge in [0.05, 0.1) is 16.2 Å². The minimum Gasteiger partial charge on any atom is -0.478 e. The van der Waals surface area contributed by atoms with Gasteiger partial charge in [0.1, 0.15) is 12.4 Å². The highest BCUT2D eigenvalue weighted by Gasteiger charge is 2.17. The van der Waals surface area contributed by atoms with Gasteiger partial charge in [0, 0.05) is 12.1 Å². The lowest BCUT2D eigenvalue weighted by Gasteiger charge is -2.04. The van der Waals surface area contributed by atoms with E-state index in [-0.39, 0.29) is 22.8 Å². The average Bonchev–Trinajstić information content (AvgIpc) is 2.86. The van der Waals surface area contributed by atoms with E-state index in [4.69, 9.17) is 10.4 Å². The Morgan fingerprint density at radius 2 is 2.26 bits per heavy atom. The number of nitro benzene ring substituents is 1. The van der Waals surface area contributed by atoms with Crippen LogP contribution in [0.5, 0.6) is 0 Å². The number of nitrogens with zero attached hydrogens (tertiary/aromatic N) is 5. The van der Waals surface area contributed by atoms with Crippen molar-refractivity contribution in [2.24, 2.45) is 0 Å². The van der Waals surface area contributed by atoms with Crippen molar-refractivity contribution in [2.45, 2.75) is 0 Å². The van der Waals surface area contributed by atoms with Crippen molar-refractivity contribution in [2.75, 3.05) is 0 Å². The number of carboxylic acid groups (broad SMARTS) is 1. The Labute approximate surface area is 105 Å². The second kappa shape index (κ2) is 4.53. The lowest BCUT2D eigenvalue weighted by atomic mass is 10.1. The molecular weight excluding hydrogens is 254 g/mol. The zero-order valence-electron chi connectivity index (χ0n) is 9.22. The highest BCUT2D eigenvalue weighted by atomic mass is 16.6. The number of carbonyl (C=O) groups is 1. The van der Waals surface area contributed by atoms with Gasteiger partial charge in [-0.25, -0.2) is 14.5 Å². The summed E-state index contributed by atoms with van der Waals surface area (Å²) >= 11 is 0. The molecule has 19 heavy (non-hydrogen) atoms. The summed E-state index contributed by atoms with van der Waals surface area (Å²) in [6.45, 7) is 0. The van der Waals surface area contributed by atoms with E-state index in [1.165, 1.54) is 0 Å². The average molecular weight is 259 g/mol. The van der Waals surface area contributed by atoms with Crippen LogP contribution in [0, 0.1) is 21.4 Å². The van der Waals surface area contributed by atoms with E-state index in [1.54, 1.807) is 6.07 Å². The number of aromatic nitrogens is 3. The van der Waals surface area contributed by atoms with Crippen molar-refractivity contribution in [3.05, 3.63) is 46.0 Å².